The van der Waals surface area contributed by atoms with E-state index < -0.39 is 0 Å². The second-order valence-corrected chi connectivity index (χ2v) is 5.07. The molecule has 0 heterocycles. The number of halogens is 1. The largest absolute Gasteiger partial charge is 0.294 e. The van der Waals surface area contributed by atoms with Gasteiger partial charge in [0.15, 0.2) is 5.78 Å². The van der Waals surface area contributed by atoms with Crippen LogP contribution in [0.1, 0.15) is 33.5 Å². The molecule has 0 saturated heterocycles. The lowest BCUT2D eigenvalue weighted by molar-refractivity contribution is 0.0992. The Morgan fingerprint density at radius 2 is 1.89 bits per heavy atom. The number of ketones is 1. The van der Waals surface area contributed by atoms with Gasteiger partial charge in [-0.25, -0.2) is 4.39 Å². The lowest BCUT2D eigenvalue weighted by Gasteiger charge is -2.05. The Bertz CT molecular complexity index is 631. The average Bonchev–Trinajstić information content (AvgIpc) is 2.86. The highest BCUT2D eigenvalue weighted by Gasteiger charge is 2.13. The van der Waals surface area contributed by atoms with Gasteiger partial charge in [0, 0.05) is 12.0 Å². The van der Waals surface area contributed by atoms with E-state index >= 15 is 0 Å². The number of carbonyl (C=O) groups excluding carboxylic acids is 1. The van der Waals surface area contributed by atoms with Gasteiger partial charge in [-0.3, -0.25) is 4.79 Å². The van der Waals surface area contributed by atoms with Crippen LogP contribution >= 0.6 is 0 Å². The molecule has 0 bridgehead atoms. The van der Waals surface area contributed by atoms with Crippen molar-refractivity contribution < 1.29 is 9.18 Å². The van der Waals surface area contributed by atoms with Gasteiger partial charge >= 0.3 is 0 Å². The standard InChI is InChI=1S/C17H15FO/c18-16-6-2-5-15(11-16)17(19)10-12-7-8-13-3-1-4-14(13)9-12/h2,5-9,11H,1,3-4,10H2. The number of rotatable bonds is 3. The van der Waals surface area contributed by atoms with Crippen molar-refractivity contribution in [2.45, 2.75) is 25.7 Å². The van der Waals surface area contributed by atoms with E-state index in [9.17, 15) is 9.18 Å². The topological polar surface area (TPSA) is 17.1 Å². The summed E-state index contributed by atoms with van der Waals surface area (Å²) in [5, 5.41) is 0. The number of hydrogen-bond donors (Lipinski definition) is 0. The minimum absolute atomic E-state index is 0.0301. The van der Waals surface area contributed by atoms with Crippen LogP contribution in [0.3, 0.4) is 0 Å². The van der Waals surface area contributed by atoms with Crippen molar-refractivity contribution in [1.82, 2.24) is 0 Å². The zero-order chi connectivity index (χ0) is 13.2. The normalized spacial score (nSPS) is 13.3. The van der Waals surface area contributed by atoms with E-state index in [0.717, 1.165) is 18.4 Å². The molecule has 0 N–H and O–H groups in total. The molecular weight excluding hydrogens is 239 g/mol. The minimum Gasteiger partial charge on any atom is -0.294 e. The van der Waals surface area contributed by atoms with Gasteiger partial charge in [0.2, 0.25) is 0 Å². The fraction of sp³-hybridized carbons (Fsp3) is 0.235. The summed E-state index contributed by atoms with van der Waals surface area (Å²) in [5.74, 6) is -0.391. The predicted molar refractivity (Wildman–Crippen MR) is 72.9 cm³/mol. The molecule has 2 aromatic carbocycles. The van der Waals surface area contributed by atoms with Crippen LogP contribution in [-0.4, -0.2) is 5.78 Å². The molecule has 0 aromatic heterocycles. The number of carbonyl (C=O) groups is 1. The van der Waals surface area contributed by atoms with Crippen molar-refractivity contribution in [3.8, 4) is 0 Å². The summed E-state index contributed by atoms with van der Waals surface area (Å²) in [7, 11) is 0. The maximum Gasteiger partial charge on any atom is 0.167 e. The smallest absolute Gasteiger partial charge is 0.167 e. The van der Waals surface area contributed by atoms with Crippen LogP contribution in [0.2, 0.25) is 0 Å². The fourth-order valence-electron chi connectivity index (χ4n) is 2.68. The summed E-state index contributed by atoms with van der Waals surface area (Å²) >= 11 is 0. The molecule has 96 valence electrons. The molecule has 1 aliphatic rings. The van der Waals surface area contributed by atoms with Gasteiger partial charge in [-0.15, -0.1) is 0 Å². The molecule has 2 heteroatoms. The van der Waals surface area contributed by atoms with Gasteiger partial charge in [-0.2, -0.15) is 0 Å². The van der Waals surface area contributed by atoms with Crippen LogP contribution in [0.25, 0.3) is 0 Å². The van der Waals surface area contributed by atoms with E-state index in [0.29, 0.717) is 12.0 Å². The van der Waals surface area contributed by atoms with Crippen LogP contribution in [-0.2, 0) is 19.3 Å². The number of aryl methyl sites for hydroxylation is 2. The molecular formula is C17H15FO. The van der Waals surface area contributed by atoms with E-state index in [4.69, 9.17) is 0 Å². The predicted octanol–water partition coefficient (Wildman–Crippen LogP) is 3.74. The van der Waals surface area contributed by atoms with E-state index in [-0.39, 0.29) is 11.6 Å². The van der Waals surface area contributed by atoms with Crippen LogP contribution in [0, 0.1) is 5.82 Å². The van der Waals surface area contributed by atoms with Gasteiger partial charge in [-0.05, 0) is 48.1 Å². The monoisotopic (exact) mass is 254 g/mol. The molecule has 1 aliphatic carbocycles. The van der Waals surface area contributed by atoms with Crippen molar-refractivity contribution in [3.63, 3.8) is 0 Å². The molecule has 19 heavy (non-hydrogen) atoms. The zero-order valence-electron chi connectivity index (χ0n) is 10.7. The summed E-state index contributed by atoms with van der Waals surface area (Å²) in [5.41, 5.74) is 4.24. The van der Waals surface area contributed by atoms with Gasteiger partial charge < -0.3 is 0 Å². The van der Waals surface area contributed by atoms with E-state index in [1.54, 1.807) is 12.1 Å². The summed E-state index contributed by atoms with van der Waals surface area (Å²) in [6.07, 6.45) is 3.80. The molecule has 0 aliphatic heterocycles. The van der Waals surface area contributed by atoms with Crippen molar-refractivity contribution in [1.29, 1.82) is 0 Å². The van der Waals surface area contributed by atoms with Crippen molar-refractivity contribution >= 4 is 5.78 Å². The molecule has 2 aromatic rings. The molecule has 0 spiro atoms. The highest BCUT2D eigenvalue weighted by atomic mass is 19.1. The fourth-order valence-corrected chi connectivity index (χ4v) is 2.68. The van der Waals surface area contributed by atoms with Crippen LogP contribution in [0.15, 0.2) is 42.5 Å². The molecule has 1 nitrogen and oxygen atoms in total. The van der Waals surface area contributed by atoms with Crippen molar-refractivity contribution in [2.75, 3.05) is 0 Å². The molecule has 0 amide bonds. The molecule has 3 rings (SSSR count). The minimum atomic E-state index is -0.361. The summed E-state index contributed by atoms with van der Waals surface area (Å²) in [6.45, 7) is 0. The Morgan fingerprint density at radius 1 is 1.05 bits per heavy atom. The van der Waals surface area contributed by atoms with Crippen molar-refractivity contribution in [2.24, 2.45) is 0 Å². The van der Waals surface area contributed by atoms with Crippen molar-refractivity contribution in [3.05, 3.63) is 70.5 Å². The summed E-state index contributed by atoms with van der Waals surface area (Å²) in [6, 6.07) is 12.2. The summed E-state index contributed by atoms with van der Waals surface area (Å²) < 4.78 is 13.1. The maximum atomic E-state index is 13.1. The Hall–Kier alpha value is -1.96. The molecule has 0 unspecified atom stereocenters. The second kappa shape index (κ2) is 4.96. The first-order chi connectivity index (χ1) is 9.22. The maximum absolute atomic E-state index is 13.1. The third kappa shape index (κ3) is 2.58. The molecule has 0 saturated carbocycles. The average molecular weight is 254 g/mol. The Morgan fingerprint density at radius 3 is 2.74 bits per heavy atom. The van der Waals surface area contributed by atoms with Crippen LogP contribution in [0.5, 0.6) is 0 Å². The van der Waals surface area contributed by atoms with Crippen LogP contribution in [0.4, 0.5) is 4.39 Å². The number of Topliss-reactive ketones (excluding diaryl/α,β-unsaturated/α-hetero) is 1. The SMILES string of the molecule is O=C(Cc1ccc2c(c1)CCC2)c1cccc(F)c1. The first kappa shape index (κ1) is 12.1. The highest BCUT2D eigenvalue weighted by Crippen LogP contribution is 2.23. The van der Waals surface area contributed by atoms with Gasteiger partial charge in [0.1, 0.15) is 5.82 Å². The van der Waals surface area contributed by atoms with Gasteiger partial charge in [-0.1, -0.05) is 30.3 Å². The summed E-state index contributed by atoms with van der Waals surface area (Å²) in [4.78, 5) is 12.1. The van der Waals surface area contributed by atoms with E-state index in [1.807, 2.05) is 6.07 Å². The Labute approximate surface area is 112 Å². The lowest BCUT2D eigenvalue weighted by atomic mass is 9.99. The first-order valence-corrected chi connectivity index (χ1v) is 6.62. The third-order valence-corrected chi connectivity index (χ3v) is 3.67. The van der Waals surface area contributed by atoms with Crippen LogP contribution < -0.4 is 0 Å². The van der Waals surface area contributed by atoms with E-state index in [1.165, 1.54) is 29.7 Å². The Balaban J connectivity index is 1.80. The number of benzene rings is 2. The first-order valence-electron chi connectivity index (χ1n) is 6.62. The highest BCUT2D eigenvalue weighted by molar-refractivity contribution is 5.97. The quantitative estimate of drug-likeness (QED) is 0.763. The van der Waals surface area contributed by atoms with Gasteiger partial charge in [0.05, 0.1) is 0 Å². The second-order valence-electron chi connectivity index (χ2n) is 5.07. The third-order valence-electron chi connectivity index (χ3n) is 3.67. The number of hydrogen-bond acceptors (Lipinski definition) is 1. The lowest BCUT2D eigenvalue weighted by Crippen LogP contribution is -2.04. The van der Waals surface area contributed by atoms with Gasteiger partial charge in [0.25, 0.3) is 0 Å². The number of fused-ring (bicyclic) bond motifs is 1. The molecule has 0 atom stereocenters. The Kier molecular flexibility index (Phi) is 3.16. The zero-order valence-corrected chi connectivity index (χ0v) is 10.7. The molecule has 0 fully saturated rings. The van der Waals surface area contributed by atoms with E-state index in [2.05, 4.69) is 12.1 Å². The molecule has 0 radical (unpaired) electrons.